The Morgan fingerprint density at radius 1 is 1.04 bits per heavy atom. The minimum atomic E-state index is -0.249. The van der Waals surface area contributed by atoms with Crippen LogP contribution in [0.1, 0.15) is 27.2 Å². The molecule has 2 N–H and O–H groups in total. The van der Waals surface area contributed by atoms with Gasteiger partial charge in [-0.3, -0.25) is 4.79 Å². The van der Waals surface area contributed by atoms with Gasteiger partial charge >= 0.3 is 0 Å². The number of nitrogens with one attached hydrogen (secondary N) is 2. The molecule has 5 heteroatoms. The highest BCUT2D eigenvalue weighted by atomic mass is 19.1. The Balaban J connectivity index is 1.57. The molecule has 3 rings (SSSR count). The summed E-state index contributed by atoms with van der Waals surface area (Å²) in [6.45, 7) is 4.56. The number of pyridine rings is 1. The number of hydrogen-bond acceptors (Lipinski definition) is 3. The van der Waals surface area contributed by atoms with Crippen LogP contribution in [0.3, 0.4) is 0 Å². The van der Waals surface area contributed by atoms with Crippen LogP contribution < -0.4 is 10.6 Å². The number of carbonyl (C=O) groups excluding carboxylic acids is 1. The third kappa shape index (κ3) is 4.70. The van der Waals surface area contributed by atoms with Crippen LogP contribution in [0.2, 0.25) is 0 Å². The summed E-state index contributed by atoms with van der Waals surface area (Å²) in [6, 6.07) is 16.0. The number of carbonyl (C=O) groups is 1. The van der Waals surface area contributed by atoms with E-state index in [4.69, 9.17) is 0 Å². The number of halogens is 1. The summed E-state index contributed by atoms with van der Waals surface area (Å²) in [5, 5.41) is 6.09. The molecule has 0 atom stereocenters. The summed E-state index contributed by atoms with van der Waals surface area (Å²) in [6.07, 6.45) is 2.18. The van der Waals surface area contributed by atoms with Crippen LogP contribution in [-0.4, -0.2) is 17.4 Å². The lowest BCUT2D eigenvalue weighted by atomic mass is 10.1. The maximum atomic E-state index is 13.6. The van der Waals surface area contributed by atoms with Gasteiger partial charge in [0.2, 0.25) is 0 Å². The van der Waals surface area contributed by atoms with Gasteiger partial charge in [-0.1, -0.05) is 30.3 Å². The van der Waals surface area contributed by atoms with Crippen LogP contribution in [0.25, 0.3) is 0 Å². The zero-order chi connectivity index (χ0) is 19.2. The molecule has 1 aromatic heterocycles. The molecule has 0 saturated carbocycles. The number of aromatic nitrogens is 1. The third-order valence-electron chi connectivity index (χ3n) is 4.53. The van der Waals surface area contributed by atoms with Crippen molar-refractivity contribution in [1.82, 2.24) is 4.98 Å². The SMILES string of the molecule is Cc1cccc(NC(=O)c2ccc(NCCc3ccccc3F)cn2)c1C. The largest absolute Gasteiger partial charge is 0.383 e. The summed E-state index contributed by atoms with van der Waals surface area (Å²) in [4.78, 5) is 16.6. The fraction of sp³-hybridized carbons (Fsp3) is 0.182. The van der Waals surface area contributed by atoms with Crippen molar-refractivity contribution in [2.45, 2.75) is 20.3 Å². The second kappa shape index (κ2) is 8.45. The first-order chi connectivity index (χ1) is 13.0. The minimum Gasteiger partial charge on any atom is -0.383 e. The van der Waals surface area contributed by atoms with Crippen LogP contribution in [0.4, 0.5) is 15.8 Å². The van der Waals surface area contributed by atoms with Gasteiger partial charge in [-0.25, -0.2) is 9.37 Å². The predicted molar refractivity (Wildman–Crippen MR) is 107 cm³/mol. The van der Waals surface area contributed by atoms with Gasteiger partial charge in [-0.05, 0) is 61.2 Å². The molecule has 138 valence electrons. The molecule has 4 nitrogen and oxygen atoms in total. The molecule has 0 unspecified atom stereocenters. The van der Waals surface area contributed by atoms with Crippen LogP contribution in [0.5, 0.6) is 0 Å². The van der Waals surface area contributed by atoms with Gasteiger partial charge in [-0.15, -0.1) is 0 Å². The zero-order valence-electron chi connectivity index (χ0n) is 15.4. The number of amides is 1. The first-order valence-corrected chi connectivity index (χ1v) is 8.85. The predicted octanol–water partition coefficient (Wildman–Crippen LogP) is 4.74. The Morgan fingerprint density at radius 3 is 2.59 bits per heavy atom. The molecule has 1 amide bonds. The summed E-state index contributed by atoms with van der Waals surface area (Å²) >= 11 is 0. The molecular formula is C22H22FN3O. The second-order valence-electron chi connectivity index (χ2n) is 6.40. The maximum Gasteiger partial charge on any atom is 0.274 e. The Labute approximate surface area is 158 Å². The van der Waals surface area contributed by atoms with Gasteiger partial charge in [0.05, 0.1) is 11.9 Å². The zero-order valence-corrected chi connectivity index (χ0v) is 15.4. The molecule has 27 heavy (non-hydrogen) atoms. The van der Waals surface area contributed by atoms with Crippen molar-refractivity contribution in [2.75, 3.05) is 17.2 Å². The molecule has 3 aromatic rings. The van der Waals surface area contributed by atoms with E-state index >= 15 is 0 Å². The van der Waals surface area contributed by atoms with E-state index in [0.717, 1.165) is 22.5 Å². The molecule has 0 saturated heterocycles. The van der Waals surface area contributed by atoms with Crippen LogP contribution in [-0.2, 0) is 6.42 Å². The summed E-state index contributed by atoms with van der Waals surface area (Å²) in [5.74, 6) is -0.447. The molecule has 0 fully saturated rings. The molecule has 0 spiro atoms. The van der Waals surface area contributed by atoms with Crippen LogP contribution in [0.15, 0.2) is 60.8 Å². The quantitative estimate of drug-likeness (QED) is 0.665. The van der Waals surface area contributed by atoms with E-state index < -0.39 is 0 Å². The van der Waals surface area contributed by atoms with Crippen molar-refractivity contribution in [3.05, 3.63) is 89.0 Å². The Bertz CT molecular complexity index is 939. The fourth-order valence-electron chi connectivity index (χ4n) is 2.75. The fourth-order valence-corrected chi connectivity index (χ4v) is 2.75. The van der Waals surface area contributed by atoms with Gasteiger partial charge < -0.3 is 10.6 Å². The van der Waals surface area contributed by atoms with E-state index in [0.29, 0.717) is 24.2 Å². The lowest BCUT2D eigenvalue weighted by Gasteiger charge is -2.11. The number of nitrogens with zero attached hydrogens (tertiary/aromatic N) is 1. The first-order valence-electron chi connectivity index (χ1n) is 8.85. The summed E-state index contributed by atoms with van der Waals surface area (Å²) < 4.78 is 13.6. The first kappa shape index (κ1) is 18.6. The smallest absolute Gasteiger partial charge is 0.274 e. The monoisotopic (exact) mass is 363 g/mol. The van der Waals surface area contributed by atoms with Crippen molar-refractivity contribution in [3.8, 4) is 0 Å². The van der Waals surface area contributed by atoms with E-state index in [1.165, 1.54) is 6.07 Å². The van der Waals surface area contributed by atoms with Gasteiger partial charge in [-0.2, -0.15) is 0 Å². The number of aryl methyl sites for hydroxylation is 1. The molecule has 2 aromatic carbocycles. The molecule has 0 radical (unpaired) electrons. The Kier molecular flexibility index (Phi) is 5.81. The Morgan fingerprint density at radius 2 is 1.85 bits per heavy atom. The van der Waals surface area contributed by atoms with Gasteiger partial charge in [0.1, 0.15) is 11.5 Å². The lowest BCUT2D eigenvalue weighted by molar-refractivity contribution is 0.102. The minimum absolute atomic E-state index is 0.198. The van der Waals surface area contributed by atoms with E-state index in [-0.39, 0.29) is 11.7 Å². The van der Waals surface area contributed by atoms with E-state index in [9.17, 15) is 9.18 Å². The molecule has 0 bridgehead atoms. The number of anilines is 2. The van der Waals surface area contributed by atoms with E-state index in [1.54, 1.807) is 30.5 Å². The molecule has 0 aliphatic rings. The average Bonchev–Trinajstić information content (AvgIpc) is 2.67. The van der Waals surface area contributed by atoms with E-state index in [2.05, 4.69) is 15.6 Å². The average molecular weight is 363 g/mol. The summed E-state index contributed by atoms with van der Waals surface area (Å²) in [7, 11) is 0. The lowest BCUT2D eigenvalue weighted by Crippen LogP contribution is -2.15. The highest BCUT2D eigenvalue weighted by molar-refractivity contribution is 6.03. The Hall–Kier alpha value is -3.21. The van der Waals surface area contributed by atoms with Gasteiger partial charge in [0.25, 0.3) is 5.91 Å². The molecule has 0 aliphatic carbocycles. The van der Waals surface area contributed by atoms with Gasteiger partial charge in [0, 0.05) is 12.2 Å². The van der Waals surface area contributed by atoms with Crippen molar-refractivity contribution in [2.24, 2.45) is 0 Å². The van der Waals surface area contributed by atoms with Crippen molar-refractivity contribution >= 4 is 17.3 Å². The topological polar surface area (TPSA) is 54.0 Å². The third-order valence-corrected chi connectivity index (χ3v) is 4.53. The standard InChI is InChI=1S/C22H22FN3O/c1-15-6-5-9-20(16(15)2)26-22(27)21-11-10-18(14-25-21)24-13-12-17-7-3-4-8-19(17)23/h3-11,14,24H,12-13H2,1-2H3,(H,26,27). The van der Waals surface area contributed by atoms with Crippen LogP contribution in [0, 0.1) is 19.7 Å². The van der Waals surface area contributed by atoms with Crippen LogP contribution >= 0.6 is 0 Å². The molecule has 1 heterocycles. The van der Waals surface area contributed by atoms with Gasteiger partial charge in [0.15, 0.2) is 0 Å². The summed E-state index contributed by atoms with van der Waals surface area (Å²) in [5.41, 5.74) is 4.74. The van der Waals surface area contributed by atoms with E-state index in [1.807, 2.05) is 38.1 Å². The molecular weight excluding hydrogens is 341 g/mol. The highest BCUT2D eigenvalue weighted by Crippen LogP contribution is 2.19. The number of benzene rings is 2. The number of hydrogen-bond donors (Lipinski definition) is 2. The van der Waals surface area contributed by atoms with Crippen molar-refractivity contribution in [1.29, 1.82) is 0 Å². The highest BCUT2D eigenvalue weighted by Gasteiger charge is 2.10. The molecule has 0 aliphatic heterocycles. The normalized spacial score (nSPS) is 10.5. The second-order valence-corrected chi connectivity index (χ2v) is 6.40. The maximum absolute atomic E-state index is 13.6. The van der Waals surface area contributed by atoms with Crippen molar-refractivity contribution < 1.29 is 9.18 Å². The van der Waals surface area contributed by atoms with Crippen molar-refractivity contribution in [3.63, 3.8) is 0 Å². The number of rotatable bonds is 6.